The maximum absolute atomic E-state index is 12.8. The summed E-state index contributed by atoms with van der Waals surface area (Å²) in [6.07, 6.45) is 0.942. The van der Waals surface area contributed by atoms with Gasteiger partial charge in [0.05, 0.1) is 12.5 Å². The van der Waals surface area contributed by atoms with Crippen LogP contribution < -0.4 is 16.4 Å². The van der Waals surface area contributed by atoms with Crippen molar-refractivity contribution in [1.29, 1.82) is 0 Å². The highest BCUT2D eigenvalue weighted by molar-refractivity contribution is 5.94. The lowest BCUT2D eigenvalue weighted by atomic mass is 9.90. The number of rotatable bonds is 9. The fraction of sp³-hybridized carbons (Fsp3) is 0.391. The van der Waals surface area contributed by atoms with Crippen LogP contribution in [0.1, 0.15) is 55.6 Å². The minimum absolute atomic E-state index is 0. The largest absolute Gasteiger partial charge is 0.350 e. The maximum Gasteiger partial charge on any atom is 0.251 e. The van der Waals surface area contributed by atoms with Crippen molar-refractivity contribution in [2.24, 2.45) is 11.7 Å². The summed E-state index contributed by atoms with van der Waals surface area (Å²) in [5.74, 6) is 0.0818. The number of amides is 2. The van der Waals surface area contributed by atoms with E-state index in [0.717, 1.165) is 12.0 Å². The zero-order valence-corrected chi connectivity index (χ0v) is 18.2. The molecule has 2 unspecified atom stereocenters. The van der Waals surface area contributed by atoms with Crippen LogP contribution in [0.15, 0.2) is 60.7 Å². The summed E-state index contributed by atoms with van der Waals surface area (Å²) >= 11 is 0. The summed E-state index contributed by atoms with van der Waals surface area (Å²) < 4.78 is 0. The van der Waals surface area contributed by atoms with Crippen molar-refractivity contribution >= 4 is 24.2 Å². The number of carbonyl (C=O) groups is 2. The molecule has 0 aromatic heterocycles. The fourth-order valence-corrected chi connectivity index (χ4v) is 3.43. The van der Waals surface area contributed by atoms with Gasteiger partial charge in [0, 0.05) is 17.6 Å². The van der Waals surface area contributed by atoms with Crippen molar-refractivity contribution in [3.05, 3.63) is 71.8 Å². The molecular weight excluding hydrogens is 386 g/mol. The van der Waals surface area contributed by atoms with Gasteiger partial charge in [-0.1, -0.05) is 62.4 Å². The Bertz CT molecular complexity index is 768. The Balaban J connectivity index is 0.00000420. The van der Waals surface area contributed by atoms with Crippen LogP contribution in [-0.4, -0.2) is 23.9 Å². The normalized spacial score (nSPS) is 13.7. The molecule has 4 N–H and O–H groups in total. The third-order valence-electron chi connectivity index (χ3n) is 4.68. The van der Waals surface area contributed by atoms with Crippen molar-refractivity contribution in [3.63, 3.8) is 0 Å². The second-order valence-electron chi connectivity index (χ2n) is 7.92. The van der Waals surface area contributed by atoms with Gasteiger partial charge in [0.1, 0.15) is 0 Å². The molecule has 0 radical (unpaired) electrons. The Hall–Kier alpha value is -2.37. The summed E-state index contributed by atoms with van der Waals surface area (Å²) in [6.45, 7) is 6.54. The van der Waals surface area contributed by atoms with Gasteiger partial charge < -0.3 is 16.4 Å². The van der Waals surface area contributed by atoms with E-state index in [1.807, 2.05) is 55.5 Å². The lowest BCUT2D eigenvalue weighted by molar-refractivity contribution is -0.123. The van der Waals surface area contributed by atoms with E-state index in [-0.39, 0.29) is 30.6 Å². The number of hydrogen-bond acceptors (Lipinski definition) is 3. The molecule has 2 aromatic rings. The monoisotopic (exact) mass is 417 g/mol. The zero-order chi connectivity index (χ0) is 20.6. The van der Waals surface area contributed by atoms with E-state index in [1.165, 1.54) is 0 Å². The summed E-state index contributed by atoms with van der Waals surface area (Å²) in [5.41, 5.74) is 6.91. The van der Waals surface area contributed by atoms with Gasteiger partial charge >= 0.3 is 0 Å². The minimum atomic E-state index is -0.462. The van der Waals surface area contributed by atoms with Crippen molar-refractivity contribution in [2.75, 3.05) is 6.54 Å². The maximum atomic E-state index is 12.8. The Morgan fingerprint density at radius 2 is 1.55 bits per heavy atom. The number of nitrogens with two attached hydrogens (primary N) is 1. The molecule has 0 saturated carbocycles. The molecule has 0 saturated heterocycles. The van der Waals surface area contributed by atoms with Crippen LogP contribution >= 0.6 is 12.4 Å². The molecule has 0 aliphatic rings. The van der Waals surface area contributed by atoms with E-state index >= 15 is 0 Å². The van der Waals surface area contributed by atoms with Crippen molar-refractivity contribution in [1.82, 2.24) is 10.6 Å². The molecule has 2 amide bonds. The minimum Gasteiger partial charge on any atom is -0.350 e. The second kappa shape index (κ2) is 11.6. The number of halogens is 1. The molecule has 0 fully saturated rings. The predicted octanol–water partition coefficient (Wildman–Crippen LogP) is 3.85. The lowest BCUT2D eigenvalue weighted by Crippen LogP contribution is -2.52. The number of benzene rings is 2. The first-order valence-electron chi connectivity index (χ1n) is 9.75. The molecule has 0 bridgehead atoms. The average molecular weight is 418 g/mol. The summed E-state index contributed by atoms with van der Waals surface area (Å²) in [7, 11) is 0. The van der Waals surface area contributed by atoms with Crippen LogP contribution in [0.4, 0.5) is 0 Å². The summed E-state index contributed by atoms with van der Waals surface area (Å²) in [4.78, 5) is 25.4. The van der Waals surface area contributed by atoms with Crippen molar-refractivity contribution in [2.45, 2.75) is 45.2 Å². The smallest absolute Gasteiger partial charge is 0.251 e. The standard InChI is InChI=1S/C23H31N3O2.ClH/c1-17(2)15-23(3,16-24)26-21(27)14-20(18-10-6-4-7-11-18)25-22(28)19-12-8-5-9-13-19;/h4-13,17,20H,14-16,24H2,1-3H3,(H,25,28)(H,26,27);1H. The van der Waals surface area contributed by atoms with Gasteiger partial charge in [-0.25, -0.2) is 0 Å². The first-order chi connectivity index (χ1) is 13.3. The van der Waals surface area contributed by atoms with Gasteiger partial charge in [-0.05, 0) is 37.0 Å². The molecule has 6 heteroatoms. The van der Waals surface area contributed by atoms with Crippen LogP contribution in [0.2, 0.25) is 0 Å². The Kier molecular flexibility index (Phi) is 9.86. The van der Waals surface area contributed by atoms with Crippen LogP contribution in [0.3, 0.4) is 0 Å². The van der Waals surface area contributed by atoms with E-state index in [2.05, 4.69) is 24.5 Å². The lowest BCUT2D eigenvalue weighted by Gasteiger charge is -2.32. The van der Waals surface area contributed by atoms with E-state index in [1.54, 1.807) is 12.1 Å². The molecule has 0 aliphatic carbocycles. The third-order valence-corrected chi connectivity index (χ3v) is 4.68. The molecule has 29 heavy (non-hydrogen) atoms. The zero-order valence-electron chi connectivity index (χ0n) is 17.4. The number of nitrogens with one attached hydrogen (secondary N) is 2. The number of hydrogen-bond donors (Lipinski definition) is 3. The van der Waals surface area contributed by atoms with Crippen LogP contribution in [-0.2, 0) is 4.79 Å². The quantitative estimate of drug-likeness (QED) is 0.579. The van der Waals surface area contributed by atoms with Gasteiger partial charge in [-0.3, -0.25) is 9.59 Å². The highest BCUT2D eigenvalue weighted by Gasteiger charge is 2.27. The van der Waals surface area contributed by atoms with Gasteiger partial charge in [-0.15, -0.1) is 12.4 Å². The van der Waals surface area contributed by atoms with Crippen molar-refractivity contribution < 1.29 is 9.59 Å². The fourth-order valence-electron chi connectivity index (χ4n) is 3.43. The Labute approximate surface area is 179 Å². The number of carbonyl (C=O) groups excluding carboxylic acids is 2. The molecule has 2 atom stereocenters. The molecular formula is C23H32ClN3O2. The van der Waals surface area contributed by atoms with Gasteiger partial charge in [0.2, 0.25) is 5.91 Å². The van der Waals surface area contributed by atoms with Crippen molar-refractivity contribution in [3.8, 4) is 0 Å². The molecule has 2 aromatic carbocycles. The topological polar surface area (TPSA) is 84.2 Å². The van der Waals surface area contributed by atoms with Crippen LogP contribution in [0.25, 0.3) is 0 Å². The van der Waals surface area contributed by atoms with Gasteiger partial charge in [0.25, 0.3) is 5.91 Å². The van der Waals surface area contributed by atoms with E-state index < -0.39 is 11.6 Å². The third kappa shape index (κ3) is 7.87. The van der Waals surface area contributed by atoms with E-state index in [4.69, 9.17) is 5.73 Å². The SMILES string of the molecule is CC(C)CC(C)(CN)NC(=O)CC(NC(=O)c1ccccc1)c1ccccc1.Cl. The average Bonchev–Trinajstić information content (AvgIpc) is 2.68. The molecule has 0 aliphatic heterocycles. The van der Waals surface area contributed by atoms with Crippen LogP contribution in [0, 0.1) is 5.92 Å². The molecule has 0 spiro atoms. The summed E-state index contributed by atoms with van der Waals surface area (Å²) in [6, 6.07) is 18.1. The highest BCUT2D eigenvalue weighted by Crippen LogP contribution is 2.20. The molecule has 5 nitrogen and oxygen atoms in total. The highest BCUT2D eigenvalue weighted by atomic mass is 35.5. The van der Waals surface area contributed by atoms with E-state index in [0.29, 0.717) is 18.0 Å². The van der Waals surface area contributed by atoms with Gasteiger partial charge in [-0.2, -0.15) is 0 Å². The van der Waals surface area contributed by atoms with Gasteiger partial charge in [0.15, 0.2) is 0 Å². The molecule has 2 rings (SSSR count). The predicted molar refractivity (Wildman–Crippen MR) is 120 cm³/mol. The first-order valence-corrected chi connectivity index (χ1v) is 9.75. The molecule has 0 heterocycles. The van der Waals surface area contributed by atoms with E-state index in [9.17, 15) is 9.59 Å². The van der Waals surface area contributed by atoms with Crippen LogP contribution in [0.5, 0.6) is 0 Å². The Morgan fingerprint density at radius 3 is 2.07 bits per heavy atom. The first kappa shape index (κ1) is 24.7. The molecule has 158 valence electrons. The Morgan fingerprint density at radius 1 is 1.00 bits per heavy atom. The summed E-state index contributed by atoms with van der Waals surface area (Å²) in [5, 5.41) is 6.07. The second-order valence-corrected chi connectivity index (χ2v) is 7.92.